The van der Waals surface area contributed by atoms with E-state index in [1.807, 2.05) is 6.92 Å². The second-order valence-electron chi connectivity index (χ2n) is 5.33. The van der Waals surface area contributed by atoms with Crippen LogP contribution < -0.4 is 0 Å². The molecule has 0 saturated carbocycles. The Kier molecular flexibility index (Phi) is 2.66. The quantitative estimate of drug-likeness (QED) is 0.762. The highest BCUT2D eigenvalue weighted by molar-refractivity contribution is 5.88. The first kappa shape index (κ1) is 12.0. The summed E-state index contributed by atoms with van der Waals surface area (Å²) in [5.74, 6) is 2.11. The van der Waals surface area contributed by atoms with Crippen molar-refractivity contribution in [3.63, 3.8) is 0 Å². The molecule has 1 aromatic carbocycles. The van der Waals surface area contributed by atoms with E-state index in [0.717, 1.165) is 17.2 Å². The van der Waals surface area contributed by atoms with Crippen molar-refractivity contribution in [2.45, 2.75) is 26.7 Å². The van der Waals surface area contributed by atoms with Crippen LogP contribution in [-0.4, -0.2) is 19.7 Å². The average Bonchev–Trinajstić information content (AvgIpc) is 2.94. The Labute approximate surface area is 112 Å². The smallest absolute Gasteiger partial charge is 0.181 e. The van der Waals surface area contributed by atoms with Gasteiger partial charge in [0.25, 0.3) is 0 Å². The fourth-order valence-electron chi connectivity index (χ4n) is 2.49. The second kappa shape index (κ2) is 4.23. The first-order valence-electron chi connectivity index (χ1n) is 6.54. The topological polar surface area (TPSA) is 46.5 Å². The van der Waals surface area contributed by atoms with Crippen LogP contribution in [0.25, 0.3) is 22.3 Å². The monoisotopic (exact) mass is 254 g/mol. The molecule has 0 saturated heterocycles. The van der Waals surface area contributed by atoms with Crippen molar-refractivity contribution in [1.29, 1.82) is 0 Å². The van der Waals surface area contributed by atoms with E-state index in [9.17, 15) is 0 Å². The molecule has 0 radical (unpaired) electrons. The number of rotatable bonds is 2. The number of aromatic amines is 1. The zero-order valence-electron chi connectivity index (χ0n) is 11.7. The van der Waals surface area contributed by atoms with Gasteiger partial charge in [-0.05, 0) is 36.6 Å². The number of aromatic nitrogens is 4. The summed E-state index contributed by atoms with van der Waals surface area (Å²) in [6.45, 7) is 6.36. The Hall–Kier alpha value is -2.10. The third-order valence-electron chi connectivity index (χ3n) is 3.50. The molecule has 1 N–H and O–H groups in total. The van der Waals surface area contributed by atoms with E-state index < -0.39 is 0 Å². The van der Waals surface area contributed by atoms with E-state index >= 15 is 0 Å². The third-order valence-corrected chi connectivity index (χ3v) is 3.50. The van der Waals surface area contributed by atoms with Crippen molar-refractivity contribution in [2.75, 3.05) is 0 Å². The molecule has 0 aliphatic carbocycles. The van der Waals surface area contributed by atoms with Crippen LogP contribution in [0.3, 0.4) is 0 Å². The second-order valence-corrected chi connectivity index (χ2v) is 5.33. The summed E-state index contributed by atoms with van der Waals surface area (Å²) in [4.78, 5) is 4.40. The lowest BCUT2D eigenvalue weighted by atomic mass is 10.0. The van der Waals surface area contributed by atoms with Crippen molar-refractivity contribution >= 4 is 10.9 Å². The largest absolute Gasteiger partial charge is 0.350 e. The zero-order valence-corrected chi connectivity index (χ0v) is 11.7. The molecule has 4 heteroatoms. The minimum atomic E-state index is 0.507. The Morgan fingerprint density at radius 2 is 2.05 bits per heavy atom. The molecule has 19 heavy (non-hydrogen) atoms. The molecule has 0 aliphatic heterocycles. The van der Waals surface area contributed by atoms with E-state index in [4.69, 9.17) is 0 Å². The van der Waals surface area contributed by atoms with Gasteiger partial charge in [0.2, 0.25) is 0 Å². The van der Waals surface area contributed by atoms with E-state index in [1.54, 1.807) is 0 Å². The van der Waals surface area contributed by atoms with Crippen LogP contribution in [0, 0.1) is 6.92 Å². The Bertz CT molecular complexity index is 734. The Morgan fingerprint density at radius 3 is 2.68 bits per heavy atom. The van der Waals surface area contributed by atoms with Gasteiger partial charge < -0.3 is 4.57 Å². The molecule has 4 nitrogen and oxygen atoms in total. The highest BCUT2D eigenvalue weighted by Gasteiger charge is 2.12. The first-order chi connectivity index (χ1) is 9.06. The first-order valence-corrected chi connectivity index (χ1v) is 6.54. The highest BCUT2D eigenvalue weighted by atomic mass is 15.2. The average molecular weight is 254 g/mol. The summed E-state index contributed by atoms with van der Waals surface area (Å²) in [6.07, 6.45) is 2.21. The van der Waals surface area contributed by atoms with Gasteiger partial charge in [-0.15, -0.1) is 0 Å². The van der Waals surface area contributed by atoms with E-state index in [0.29, 0.717) is 5.92 Å². The summed E-state index contributed by atoms with van der Waals surface area (Å²) in [6, 6.07) is 6.41. The molecular formula is C15H18N4. The third kappa shape index (κ3) is 1.93. The van der Waals surface area contributed by atoms with Crippen LogP contribution in [0.1, 0.15) is 31.2 Å². The lowest BCUT2D eigenvalue weighted by Gasteiger charge is -2.03. The normalized spacial score (nSPS) is 11.6. The fraction of sp³-hybridized carbons (Fsp3) is 0.333. The fourth-order valence-corrected chi connectivity index (χ4v) is 2.49. The maximum absolute atomic E-state index is 4.40. The van der Waals surface area contributed by atoms with Gasteiger partial charge >= 0.3 is 0 Å². The van der Waals surface area contributed by atoms with E-state index in [2.05, 4.69) is 65.0 Å². The molecule has 3 rings (SSSR count). The molecule has 98 valence electrons. The predicted octanol–water partition coefficient (Wildman–Crippen LogP) is 3.40. The van der Waals surface area contributed by atoms with E-state index in [-0.39, 0.29) is 0 Å². The Morgan fingerprint density at radius 1 is 1.26 bits per heavy atom. The lowest BCUT2D eigenvalue weighted by Crippen LogP contribution is -1.85. The number of nitrogens with zero attached hydrogens (tertiary/aromatic N) is 3. The van der Waals surface area contributed by atoms with Crippen LogP contribution in [-0.2, 0) is 7.05 Å². The minimum Gasteiger partial charge on any atom is -0.350 e. The molecule has 0 aliphatic rings. The number of hydrogen-bond acceptors (Lipinski definition) is 2. The number of H-pyrrole nitrogens is 1. The maximum atomic E-state index is 4.40. The van der Waals surface area contributed by atoms with Crippen LogP contribution >= 0.6 is 0 Å². The maximum Gasteiger partial charge on any atom is 0.181 e. The number of fused-ring (bicyclic) bond motifs is 1. The molecule has 0 amide bonds. The summed E-state index contributed by atoms with van der Waals surface area (Å²) in [7, 11) is 2.09. The molecule has 2 aromatic heterocycles. The summed E-state index contributed by atoms with van der Waals surface area (Å²) < 4.78 is 2.18. The molecule has 2 heterocycles. The van der Waals surface area contributed by atoms with Gasteiger partial charge in [-0.25, -0.2) is 4.98 Å². The van der Waals surface area contributed by atoms with Crippen LogP contribution in [0.5, 0.6) is 0 Å². The van der Waals surface area contributed by atoms with Crippen LogP contribution in [0.4, 0.5) is 0 Å². The predicted molar refractivity (Wildman–Crippen MR) is 77.1 cm³/mol. The van der Waals surface area contributed by atoms with Crippen molar-refractivity contribution in [2.24, 2.45) is 7.05 Å². The number of hydrogen-bond donors (Lipinski definition) is 1. The summed E-state index contributed by atoms with van der Waals surface area (Å²) >= 11 is 0. The van der Waals surface area contributed by atoms with Crippen LogP contribution in [0.2, 0.25) is 0 Å². The SMILES string of the molecule is Cc1nc(-c2ccc3c(c2)c(C(C)C)cn3C)n[nH]1. The standard InChI is InChI=1S/C15H18N4/c1-9(2)13-8-19(4)14-6-5-11(7-12(13)14)15-16-10(3)17-18-15/h5-9H,1-4H3,(H,16,17,18). The Balaban J connectivity index is 2.22. The molecule has 0 spiro atoms. The van der Waals surface area contributed by atoms with Gasteiger partial charge in [0.15, 0.2) is 5.82 Å². The van der Waals surface area contributed by atoms with Gasteiger partial charge in [-0.1, -0.05) is 13.8 Å². The van der Waals surface area contributed by atoms with Gasteiger partial charge in [0, 0.05) is 29.7 Å². The van der Waals surface area contributed by atoms with Gasteiger partial charge in [0.05, 0.1) is 0 Å². The molecular weight excluding hydrogens is 236 g/mol. The minimum absolute atomic E-state index is 0.507. The summed E-state index contributed by atoms with van der Waals surface area (Å²) in [5, 5.41) is 8.41. The molecule has 0 unspecified atom stereocenters. The molecule has 0 atom stereocenters. The van der Waals surface area contributed by atoms with Gasteiger partial charge in [0.1, 0.15) is 5.82 Å². The van der Waals surface area contributed by atoms with Crippen LogP contribution in [0.15, 0.2) is 24.4 Å². The van der Waals surface area contributed by atoms with Crippen molar-refractivity contribution < 1.29 is 0 Å². The number of aryl methyl sites for hydroxylation is 2. The zero-order chi connectivity index (χ0) is 13.6. The highest BCUT2D eigenvalue weighted by Crippen LogP contribution is 2.30. The van der Waals surface area contributed by atoms with Gasteiger partial charge in [-0.2, -0.15) is 5.10 Å². The molecule has 0 bridgehead atoms. The lowest BCUT2D eigenvalue weighted by molar-refractivity contribution is 0.857. The van der Waals surface area contributed by atoms with Crippen molar-refractivity contribution in [3.05, 3.63) is 35.8 Å². The van der Waals surface area contributed by atoms with E-state index in [1.165, 1.54) is 16.5 Å². The van der Waals surface area contributed by atoms with Gasteiger partial charge in [-0.3, -0.25) is 5.10 Å². The molecule has 0 fully saturated rings. The molecule has 3 aromatic rings. The van der Waals surface area contributed by atoms with Crippen molar-refractivity contribution in [1.82, 2.24) is 19.7 Å². The number of nitrogens with one attached hydrogen (secondary N) is 1. The van der Waals surface area contributed by atoms with Crippen molar-refractivity contribution in [3.8, 4) is 11.4 Å². The summed E-state index contributed by atoms with van der Waals surface area (Å²) in [5.41, 5.74) is 3.68. The number of benzene rings is 1.